The van der Waals surface area contributed by atoms with E-state index in [0.29, 0.717) is 6.42 Å². The van der Waals surface area contributed by atoms with Gasteiger partial charge in [-0.1, -0.05) is 49.4 Å². The number of rotatable bonds is 6. The Hall–Kier alpha value is -2.88. The Bertz CT molecular complexity index is 706. The highest BCUT2D eigenvalue weighted by molar-refractivity contribution is 5.92. The molecular formula is C20H22N2O2. The molecule has 0 heterocycles. The zero-order chi connectivity index (χ0) is 17.4. The quantitative estimate of drug-likeness (QED) is 0.792. The lowest BCUT2D eigenvalue weighted by Crippen LogP contribution is -2.24. The average molecular weight is 322 g/mol. The molecule has 0 aromatic heterocycles. The van der Waals surface area contributed by atoms with E-state index in [9.17, 15) is 9.59 Å². The SMILES string of the molecule is CCC(=O)Nc1ccc(C(C)NC(=O)/C=C/c2ccccc2)cc1. The van der Waals surface area contributed by atoms with Crippen LogP contribution < -0.4 is 10.6 Å². The molecule has 0 spiro atoms. The van der Waals surface area contributed by atoms with E-state index in [4.69, 9.17) is 0 Å². The van der Waals surface area contributed by atoms with Gasteiger partial charge in [0, 0.05) is 18.2 Å². The molecule has 1 atom stereocenters. The van der Waals surface area contributed by atoms with E-state index >= 15 is 0 Å². The summed E-state index contributed by atoms with van der Waals surface area (Å²) in [4.78, 5) is 23.4. The third-order valence-corrected chi connectivity index (χ3v) is 3.60. The number of nitrogens with one attached hydrogen (secondary N) is 2. The lowest BCUT2D eigenvalue weighted by molar-refractivity contribution is -0.117. The van der Waals surface area contributed by atoms with Gasteiger partial charge in [0.05, 0.1) is 6.04 Å². The molecule has 0 fully saturated rings. The van der Waals surface area contributed by atoms with Crippen LogP contribution in [0, 0.1) is 0 Å². The van der Waals surface area contributed by atoms with Crippen molar-refractivity contribution in [1.82, 2.24) is 5.32 Å². The molecule has 4 heteroatoms. The minimum Gasteiger partial charge on any atom is -0.346 e. The van der Waals surface area contributed by atoms with Gasteiger partial charge >= 0.3 is 0 Å². The highest BCUT2D eigenvalue weighted by Crippen LogP contribution is 2.16. The van der Waals surface area contributed by atoms with Crippen molar-refractivity contribution in [2.45, 2.75) is 26.3 Å². The molecule has 0 aliphatic carbocycles. The van der Waals surface area contributed by atoms with Gasteiger partial charge in [-0.3, -0.25) is 9.59 Å². The number of amides is 2. The molecule has 0 saturated heterocycles. The third kappa shape index (κ3) is 5.39. The fraction of sp³-hybridized carbons (Fsp3) is 0.200. The van der Waals surface area contributed by atoms with Gasteiger partial charge in [0.25, 0.3) is 0 Å². The zero-order valence-corrected chi connectivity index (χ0v) is 14.0. The lowest BCUT2D eigenvalue weighted by atomic mass is 10.1. The van der Waals surface area contributed by atoms with Gasteiger partial charge < -0.3 is 10.6 Å². The monoisotopic (exact) mass is 322 g/mol. The molecule has 24 heavy (non-hydrogen) atoms. The second-order valence-corrected chi connectivity index (χ2v) is 5.50. The van der Waals surface area contributed by atoms with Crippen molar-refractivity contribution in [3.8, 4) is 0 Å². The normalized spacial score (nSPS) is 11.9. The second-order valence-electron chi connectivity index (χ2n) is 5.50. The van der Waals surface area contributed by atoms with Crippen molar-refractivity contribution in [2.75, 3.05) is 5.32 Å². The van der Waals surface area contributed by atoms with Gasteiger partial charge in [-0.15, -0.1) is 0 Å². The van der Waals surface area contributed by atoms with E-state index in [2.05, 4.69) is 10.6 Å². The first-order valence-corrected chi connectivity index (χ1v) is 8.02. The first-order valence-electron chi connectivity index (χ1n) is 8.02. The first-order chi connectivity index (χ1) is 11.6. The van der Waals surface area contributed by atoms with Crippen LogP contribution in [0.25, 0.3) is 6.08 Å². The number of hydrogen-bond donors (Lipinski definition) is 2. The fourth-order valence-electron chi connectivity index (χ4n) is 2.19. The van der Waals surface area contributed by atoms with Gasteiger partial charge in [-0.2, -0.15) is 0 Å². The number of anilines is 1. The summed E-state index contributed by atoms with van der Waals surface area (Å²) >= 11 is 0. The molecule has 4 nitrogen and oxygen atoms in total. The maximum absolute atomic E-state index is 12.0. The summed E-state index contributed by atoms with van der Waals surface area (Å²) in [5, 5.41) is 5.72. The van der Waals surface area contributed by atoms with Gasteiger partial charge in [-0.25, -0.2) is 0 Å². The van der Waals surface area contributed by atoms with Crippen LogP contribution >= 0.6 is 0 Å². The Morgan fingerprint density at radius 1 is 1.04 bits per heavy atom. The Labute approximate surface area is 142 Å². The van der Waals surface area contributed by atoms with Crippen LogP contribution in [0.4, 0.5) is 5.69 Å². The van der Waals surface area contributed by atoms with E-state index < -0.39 is 0 Å². The van der Waals surface area contributed by atoms with Crippen molar-refractivity contribution in [2.24, 2.45) is 0 Å². The summed E-state index contributed by atoms with van der Waals surface area (Å²) in [5.74, 6) is -0.162. The van der Waals surface area contributed by atoms with Crippen LogP contribution in [-0.2, 0) is 9.59 Å². The smallest absolute Gasteiger partial charge is 0.244 e. The van der Waals surface area contributed by atoms with Crippen molar-refractivity contribution in [3.05, 3.63) is 71.8 Å². The highest BCUT2D eigenvalue weighted by atomic mass is 16.2. The summed E-state index contributed by atoms with van der Waals surface area (Å²) < 4.78 is 0. The van der Waals surface area contributed by atoms with Crippen LogP contribution in [-0.4, -0.2) is 11.8 Å². The van der Waals surface area contributed by atoms with Gasteiger partial charge in [0.1, 0.15) is 0 Å². The number of carbonyl (C=O) groups is 2. The maximum Gasteiger partial charge on any atom is 0.244 e. The molecule has 0 saturated carbocycles. The summed E-state index contributed by atoms with van der Waals surface area (Å²) in [5.41, 5.74) is 2.72. The molecule has 2 N–H and O–H groups in total. The van der Waals surface area contributed by atoms with E-state index in [1.165, 1.54) is 6.08 Å². The third-order valence-electron chi connectivity index (χ3n) is 3.60. The van der Waals surface area contributed by atoms with Crippen molar-refractivity contribution in [3.63, 3.8) is 0 Å². The van der Waals surface area contributed by atoms with E-state index in [0.717, 1.165) is 16.8 Å². The van der Waals surface area contributed by atoms with Gasteiger partial charge in [0.2, 0.25) is 11.8 Å². The minimum atomic E-state index is -0.144. The Morgan fingerprint density at radius 2 is 1.71 bits per heavy atom. The zero-order valence-electron chi connectivity index (χ0n) is 14.0. The summed E-state index contributed by atoms with van der Waals surface area (Å²) in [6.45, 7) is 3.73. The van der Waals surface area contributed by atoms with Crippen molar-refractivity contribution >= 4 is 23.6 Å². The van der Waals surface area contributed by atoms with Crippen LogP contribution in [0.3, 0.4) is 0 Å². The Balaban J connectivity index is 1.91. The largest absolute Gasteiger partial charge is 0.346 e. The van der Waals surface area contributed by atoms with E-state index in [1.807, 2.05) is 68.4 Å². The Kier molecular flexibility index (Phi) is 6.32. The second kappa shape index (κ2) is 8.67. The summed E-state index contributed by atoms with van der Waals surface area (Å²) in [7, 11) is 0. The molecule has 0 bridgehead atoms. The summed E-state index contributed by atoms with van der Waals surface area (Å²) in [6.07, 6.45) is 3.76. The van der Waals surface area contributed by atoms with Crippen molar-refractivity contribution < 1.29 is 9.59 Å². The molecule has 0 aliphatic heterocycles. The van der Waals surface area contributed by atoms with Crippen LogP contribution in [0.1, 0.15) is 37.4 Å². The molecular weight excluding hydrogens is 300 g/mol. The lowest BCUT2D eigenvalue weighted by Gasteiger charge is -2.13. The molecule has 2 rings (SSSR count). The molecule has 0 aliphatic rings. The predicted octanol–water partition coefficient (Wildman–Crippen LogP) is 3.93. The minimum absolute atomic E-state index is 0.0184. The first kappa shape index (κ1) is 17.5. The topological polar surface area (TPSA) is 58.2 Å². The average Bonchev–Trinajstić information content (AvgIpc) is 2.61. The Morgan fingerprint density at radius 3 is 2.33 bits per heavy atom. The molecule has 0 radical (unpaired) electrons. The predicted molar refractivity (Wildman–Crippen MR) is 97.4 cm³/mol. The fourth-order valence-corrected chi connectivity index (χ4v) is 2.19. The number of hydrogen-bond acceptors (Lipinski definition) is 2. The summed E-state index contributed by atoms with van der Waals surface area (Å²) in [6, 6.07) is 17.0. The van der Waals surface area contributed by atoms with E-state index in [1.54, 1.807) is 6.08 Å². The maximum atomic E-state index is 12.0. The molecule has 2 amide bonds. The van der Waals surface area contributed by atoms with Crippen LogP contribution in [0.5, 0.6) is 0 Å². The molecule has 2 aromatic rings. The number of benzene rings is 2. The molecule has 124 valence electrons. The highest BCUT2D eigenvalue weighted by Gasteiger charge is 2.08. The molecule has 1 unspecified atom stereocenters. The van der Waals surface area contributed by atoms with Gasteiger partial charge in [0.15, 0.2) is 0 Å². The van der Waals surface area contributed by atoms with Crippen LogP contribution in [0.2, 0.25) is 0 Å². The number of carbonyl (C=O) groups excluding carboxylic acids is 2. The van der Waals surface area contributed by atoms with E-state index in [-0.39, 0.29) is 17.9 Å². The molecule has 2 aromatic carbocycles. The standard InChI is InChI=1S/C20H22N2O2/c1-3-19(23)22-18-12-10-17(11-13-18)15(2)21-20(24)14-9-16-7-5-4-6-8-16/h4-15H,3H2,1-2H3,(H,21,24)(H,22,23)/b14-9+. The van der Waals surface area contributed by atoms with Gasteiger partial charge in [-0.05, 0) is 36.3 Å². The van der Waals surface area contributed by atoms with Crippen molar-refractivity contribution in [1.29, 1.82) is 0 Å². The van der Waals surface area contributed by atoms with Crippen LogP contribution in [0.15, 0.2) is 60.7 Å².